The summed E-state index contributed by atoms with van der Waals surface area (Å²) >= 11 is 0. The third-order valence-corrected chi connectivity index (χ3v) is 2.39. The van der Waals surface area contributed by atoms with Crippen LogP contribution in [0, 0.1) is 0 Å². The van der Waals surface area contributed by atoms with E-state index in [1.807, 2.05) is 13.8 Å². The van der Waals surface area contributed by atoms with E-state index in [0.717, 1.165) is 45.2 Å². The molecule has 92 valence electrons. The summed E-state index contributed by atoms with van der Waals surface area (Å²) in [5, 5.41) is 24.5. The molecule has 15 heavy (non-hydrogen) atoms. The van der Waals surface area contributed by atoms with Gasteiger partial charge in [-0.1, -0.05) is 20.3 Å². The molecule has 0 saturated heterocycles. The maximum absolute atomic E-state index is 9.21. The van der Waals surface area contributed by atoms with Crippen molar-refractivity contribution in [2.75, 3.05) is 13.1 Å². The van der Waals surface area contributed by atoms with Gasteiger partial charge in [0.1, 0.15) is 12.5 Å². The third-order valence-electron chi connectivity index (χ3n) is 2.39. The number of rotatable bonds is 10. The van der Waals surface area contributed by atoms with E-state index in [4.69, 9.17) is 0 Å². The Morgan fingerprint density at radius 2 is 1.20 bits per heavy atom. The van der Waals surface area contributed by atoms with Crippen molar-refractivity contribution in [3.8, 4) is 0 Å². The number of hydrogen-bond acceptors (Lipinski definition) is 4. The molecule has 0 rings (SSSR count). The molecular weight excluding hydrogens is 192 g/mol. The second-order valence-electron chi connectivity index (χ2n) is 3.82. The Hall–Kier alpha value is -0.160. The highest BCUT2D eigenvalue weighted by Crippen LogP contribution is 1.95. The van der Waals surface area contributed by atoms with Crippen molar-refractivity contribution in [1.82, 2.24) is 10.6 Å². The molecule has 4 N–H and O–H groups in total. The molecule has 0 spiro atoms. The number of hydrogen-bond donors (Lipinski definition) is 4. The second-order valence-corrected chi connectivity index (χ2v) is 3.82. The molecule has 0 bridgehead atoms. The van der Waals surface area contributed by atoms with Gasteiger partial charge >= 0.3 is 0 Å². The molecular formula is C11H26N2O2. The molecule has 0 aromatic carbocycles. The molecule has 0 radical (unpaired) electrons. The summed E-state index contributed by atoms with van der Waals surface area (Å²) in [6.45, 7) is 5.64. The van der Waals surface area contributed by atoms with Gasteiger partial charge in [-0.2, -0.15) is 0 Å². The largest absolute Gasteiger partial charge is 0.379 e. The van der Waals surface area contributed by atoms with Crippen molar-refractivity contribution < 1.29 is 10.2 Å². The molecule has 0 aromatic rings. The summed E-state index contributed by atoms with van der Waals surface area (Å²) in [5.74, 6) is 0. The number of aliphatic hydroxyl groups excluding tert-OH is 2. The smallest absolute Gasteiger partial charge is 0.104 e. The van der Waals surface area contributed by atoms with E-state index in [0.29, 0.717) is 0 Å². The van der Waals surface area contributed by atoms with Crippen molar-refractivity contribution in [1.29, 1.82) is 0 Å². The lowest BCUT2D eigenvalue weighted by Crippen LogP contribution is -2.30. The first-order valence-electron chi connectivity index (χ1n) is 6.03. The Balaban J connectivity index is 3.05. The van der Waals surface area contributed by atoms with Gasteiger partial charge in [-0.05, 0) is 38.8 Å². The highest BCUT2D eigenvalue weighted by Gasteiger charge is 1.99. The van der Waals surface area contributed by atoms with Gasteiger partial charge in [-0.15, -0.1) is 0 Å². The molecule has 2 atom stereocenters. The highest BCUT2D eigenvalue weighted by molar-refractivity contribution is 4.54. The van der Waals surface area contributed by atoms with Crippen LogP contribution in [0.25, 0.3) is 0 Å². The minimum atomic E-state index is -0.356. The Bertz CT molecular complexity index is 120. The molecule has 0 aliphatic rings. The maximum atomic E-state index is 9.21. The number of unbranched alkanes of at least 4 members (excludes halogenated alkanes) is 2. The van der Waals surface area contributed by atoms with E-state index >= 15 is 0 Å². The molecule has 0 aromatic heterocycles. The van der Waals surface area contributed by atoms with Crippen molar-refractivity contribution in [3.63, 3.8) is 0 Å². The third kappa shape index (κ3) is 10.1. The second kappa shape index (κ2) is 10.4. The van der Waals surface area contributed by atoms with Gasteiger partial charge in [-0.25, -0.2) is 0 Å². The fourth-order valence-corrected chi connectivity index (χ4v) is 1.25. The van der Waals surface area contributed by atoms with Gasteiger partial charge in [0.2, 0.25) is 0 Å². The summed E-state index contributed by atoms with van der Waals surface area (Å²) in [7, 11) is 0. The molecule has 4 nitrogen and oxygen atoms in total. The summed E-state index contributed by atoms with van der Waals surface area (Å²) in [6.07, 6.45) is 4.05. The molecule has 0 saturated carbocycles. The van der Waals surface area contributed by atoms with Crippen molar-refractivity contribution >= 4 is 0 Å². The van der Waals surface area contributed by atoms with E-state index in [1.54, 1.807) is 0 Å². The minimum absolute atomic E-state index is 0.356. The van der Waals surface area contributed by atoms with Crippen LogP contribution in [-0.4, -0.2) is 35.8 Å². The van der Waals surface area contributed by atoms with E-state index in [-0.39, 0.29) is 12.5 Å². The van der Waals surface area contributed by atoms with E-state index in [2.05, 4.69) is 10.6 Å². The first-order chi connectivity index (χ1) is 7.20. The van der Waals surface area contributed by atoms with E-state index in [1.165, 1.54) is 0 Å². The van der Waals surface area contributed by atoms with Gasteiger partial charge in [0.15, 0.2) is 0 Å². The van der Waals surface area contributed by atoms with E-state index in [9.17, 15) is 10.2 Å². The zero-order chi connectivity index (χ0) is 11.5. The first-order valence-corrected chi connectivity index (χ1v) is 6.03. The van der Waals surface area contributed by atoms with Gasteiger partial charge in [0.05, 0.1) is 0 Å². The Morgan fingerprint density at radius 1 is 0.800 bits per heavy atom. The lowest BCUT2D eigenvalue weighted by molar-refractivity contribution is 0.130. The van der Waals surface area contributed by atoms with Crippen LogP contribution < -0.4 is 10.6 Å². The molecule has 0 amide bonds. The Labute approximate surface area is 93.1 Å². The predicted molar refractivity (Wildman–Crippen MR) is 62.5 cm³/mol. The maximum Gasteiger partial charge on any atom is 0.104 e. The average Bonchev–Trinajstić information content (AvgIpc) is 2.26. The van der Waals surface area contributed by atoms with Crippen molar-refractivity contribution in [2.45, 2.75) is 58.4 Å². The normalized spacial score (nSPS) is 15.2. The molecule has 0 aliphatic heterocycles. The topological polar surface area (TPSA) is 64.5 Å². The fourth-order valence-electron chi connectivity index (χ4n) is 1.25. The van der Waals surface area contributed by atoms with Crippen LogP contribution in [0.5, 0.6) is 0 Å². The van der Waals surface area contributed by atoms with Crippen LogP contribution in [0.4, 0.5) is 0 Å². The van der Waals surface area contributed by atoms with Crippen LogP contribution in [0.1, 0.15) is 46.0 Å². The van der Waals surface area contributed by atoms with Crippen LogP contribution in [-0.2, 0) is 0 Å². The lowest BCUT2D eigenvalue weighted by atomic mass is 10.2. The van der Waals surface area contributed by atoms with Crippen LogP contribution in [0.15, 0.2) is 0 Å². The highest BCUT2D eigenvalue weighted by atomic mass is 16.3. The Morgan fingerprint density at radius 3 is 1.53 bits per heavy atom. The lowest BCUT2D eigenvalue weighted by Gasteiger charge is -2.11. The molecule has 2 unspecified atom stereocenters. The van der Waals surface area contributed by atoms with Gasteiger partial charge in [0, 0.05) is 0 Å². The summed E-state index contributed by atoms with van der Waals surface area (Å²) in [6, 6.07) is 0. The molecule has 0 aliphatic carbocycles. The molecule has 0 heterocycles. The summed E-state index contributed by atoms with van der Waals surface area (Å²) < 4.78 is 0. The van der Waals surface area contributed by atoms with Gasteiger partial charge in [0.25, 0.3) is 0 Å². The van der Waals surface area contributed by atoms with Crippen molar-refractivity contribution in [2.24, 2.45) is 0 Å². The number of aliphatic hydroxyl groups is 2. The summed E-state index contributed by atoms with van der Waals surface area (Å²) in [5.41, 5.74) is 0. The molecule has 4 heteroatoms. The van der Waals surface area contributed by atoms with Gasteiger partial charge in [-0.3, -0.25) is 10.6 Å². The summed E-state index contributed by atoms with van der Waals surface area (Å²) in [4.78, 5) is 0. The zero-order valence-electron chi connectivity index (χ0n) is 10.00. The fraction of sp³-hybridized carbons (Fsp3) is 1.00. The average molecular weight is 218 g/mol. The standard InChI is InChI=1S/C11H26N2O2/c1-3-10(14)12-8-6-5-7-9-13-11(15)4-2/h10-15H,3-9H2,1-2H3. The van der Waals surface area contributed by atoms with Crippen molar-refractivity contribution in [3.05, 3.63) is 0 Å². The zero-order valence-corrected chi connectivity index (χ0v) is 10.00. The minimum Gasteiger partial charge on any atom is -0.379 e. The van der Waals surface area contributed by atoms with Gasteiger partial charge < -0.3 is 10.2 Å². The van der Waals surface area contributed by atoms with Crippen LogP contribution in [0.3, 0.4) is 0 Å². The SMILES string of the molecule is CCC(O)NCCCCCNC(O)CC. The van der Waals surface area contributed by atoms with Crippen LogP contribution >= 0.6 is 0 Å². The Kier molecular flexibility index (Phi) is 10.3. The quantitative estimate of drug-likeness (QED) is 0.323. The first kappa shape index (κ1) is 14.8. The molecule has 0 fully saturated rings. The van der Waals surface area contributed by atoms with Crippen LogP contribution in [0.2, 0.25) is 0 Å². The number of nitrogens with one attached hydrogen (secondary N) is 2. The predicted octanol–water partition coefficient (Wildman–Crippen LogP) is 0.793. The van der Waals surface area contributed by atoms with E-state index < -0.39 is 0 Å². The monoisotopic (exact) mass is 218 g/mol.